The van der Waals surface area contributed by atoms with Crippen LogP contribution in [0.25, 0.3) is 0 Å². The number of halogens is 3. The van der Waals surface area contributed by atoms with Crippen LogP contribution in [0.3, 0.4) is 0 Å². The standard InChI is InChI=1S/C9H12F3NO5/c1-4(6(14)15)3-13(5(2)7(16)17)8(18)9(10,11)12/h4-5H,3H2,1-2H3,(H,14,15)(H,16,17). The molecule has 0 aromatic carbocycles. The maximum Gasteiger partial charge on any atom is 0.471 e. The molecule has 0 aromatic heterocycles. The second-order valence-electron chi connectivity index (χ2n) is 3.71. The fourth-order valence-corrected chi connectivity index (χ4v) is 1.09. The minimum atomic E-state index is -5.25. The highest BCUT2D eigenvalue weighted by atomic mass is 19.4. The molecule has 0 aromatic rings. The molecule has 0 radical (unpaired) electrons. The Morgan fingerprint density at radius 3 is 1.83 bits per heavy atom. The summed E-state index contributed by atoms with van der Waals surface area (Å²) in [4.78, 5) is 32.1. The number of aliphatic carboxylic acids is 2. The molecule has 0 fully saturated rings. The molecule has 0 aliphatic carbocycles. The van der Waals surface area contributed by atoms with Gasteiger partial charge in [0.2, 0.25) is 0 Å². The van der Waals surface area contributed by atoms with Gasteiger partial charge in [-0.2, -0.15) is 13.2 Å². The van der Waals surface area contributed by atoms with Gasteiger partial charge in [0.25, 0.3) is 0 Å². The maximum atomic E-state index is 12.2. The third-order valence-corrected chi connectivity index (χ3v) is 2.22. The quantitative estimate of drug-likeness (QED) is 0.762. The van der Waals surface area contributed by atoms with Crippen molar-refractivity contribution in [1.29, 1.82) is 0 Å². The molecule has 0 bridgehead atoms. The summed E-state index contributed by atoms with van der Waals surface area (Å²) in [5.41, 5.74) is 0. The van der Waals surface area contributed by atoms with E-state index in [0.717, 1.165) is 13.8 Å². The topological polar surface area (TPSA) is 94.9 Å². The van der Waals surface area contributed by atoms with Crippen molar-refractivity contribution in [2.45, 2.75) is 26.1 Å². The predicted octanol–water partition coefficient (Wildman–Crippen LogP) is 0.571. The molecule has 9 heteroatoms. The van der Waals surface area contributed by atoms with Gasteiger partial charge in [-0.05, 0) is 6.92 Å². The zero-order valence-electron chi connectivity index (χ0n) is 9.56. The van der Waals surface area contributed by atoms with Crippen LogP contribution in [0.5, 0.6) is 0 Å². The Balaban J connectivity index is 5.13. The van der Waals surface area contributed by atoms with E-state index in [1.807, 2.05) is 0 Å². The van der Waals surface area contributed by atoms with E-state index in [9.17, 15) is 27.6 Å². The summed E-state index contributed by atoms with van der Waals surface area (Å²) in [7, 11) is 0. The van der Waals surface area contributed by atoms with Crippen molar-refractivity contribution >= 4 is 17.8 Å². The summed E-state index contributed by atoms with van der Waals surface area (Å²) < 4.78 is 36.7. The van der Waals surface area contributed by atoms with Gasteiger partial charge in [-0.15, -0.1) is 0 Å². The zero-order chi connectivity index (χ0) is 14.7. The minimum absolute atomic E-state index is 0.0128. The summed E-state index contributed by atoms with van der Waals surface area (Å²) in [5.74, 6) is -6.75. The normalized spacial score (nSPS) is 14.7. The first-order valence-corrected chi connectivity index (χ1v) is 4.81. The van der Waals surface area contributed by atoms with Gasteiger partial charge in [0.05, 0.1) is 5.92 Å². The van der Waals surface area contributed by atoms with E-state index in [2.05, 4.69) is 0 Å². The molecule has 0 aliphatic rings. The predicted molar refractivity (Wildman–Crippen MR) is 51.7 cm³/mol. The lowest BCUT2D eigenvalue weighted by molar-refractivity contribution is -0.190. The van der Waals surface area contributed by atoms with Crippen LogP contribution < -0.4 is 0 Å². The summed E-state index contributed by atoms with van der Waals surface area (Å²) >= 11 is 0. The van der Waals surface area contributed by atoms with E-state index in [4.69, 9.17) is 10.2 Å². The van der Waals surface area contributed by atoms with Crippen LogP contribution in [-0.2, 0) is 14.4 Å². The zero-order valence-corrected chi connectivity index (χ0v) is 9.56. The van der Waals surface area contributed by atoms with Crippen LogP contribution in [-0.4, -0.2) is 51.7 Å². The van der Waals surface area contributed by atoms with Gasteiger partial charge in [-0.3, -0.25) is 9.59 Å². The van der Waals surface area contributed by atoms with Crippen LogP contribution in [0.15, 0.2) is 0 Å². The van der Waals surface area contributed by atoms with Crippen molar-refractivity contribution in [3.63, 3.8) is 0 Å². The van der Waals surface area contributed by atoms with Crippen LogP contribution in [0.1, 0.15) is 13.8 Å². The molecule has 18 heavy (non-hydrogen) atoms. The van der Waals surface area contributed by atoms with Crippen molar-refractivity contribution < 1.29 is 37.8 Å². The number of amides is 1. The van der Waals surface area contributed by atoms with Crippen molar-refractivity contribution in [2.24, 2.45) is 5.92 Å². The molecular formula is C9H12F3NO5. The highest BCUT2D eigenvalue weighted by Crippen LogP contribution is 2.21. The van der Waals surface area contributed by atoms with E-state index < -0.39 is 42.5 Å². The number of nitrogens with zero attached hydrogens (tertiary/aromatic N) is 1. The lowest BCUT2D eigenvalue weighted by atomic mass is 10.1. The molecule has 0 saturated heterocycles. The van der Waals surface area contributed by atoms with Crippen molar-refractivity contribution in [1.82, 2.24) is 4.90 Å². The monoisotopic (exact) mass is 271 g/mol. The van der Waals surface area contributed by atoms with E-state index >= 15 is 0 Å². The molecule has 1 amide bonds. The number of rotatable bonds is 5. The number of carbonyl (C=O) groups is 3. The molecule has 0 saturated carbocycles. The fourth-order valence-electron chi connectivity index (χ4n) is 1.09. The molecule has 2 atom stereocenters. The maximum absolute atomic E-state index is 12.2. The SMILES string of the molecule is CC(CN(C(=O)C(F)(F)F)C(C)C(=O)O)C(=O)O. The second kappa shape index (κ2) is 5.69. The van der Waals surface area contributed by atoms with E-state index in [0.29, 0.717) is 0 Å². The smallest absolute Gasteiger partial charge is 0.471 e. The number of carboxylic acids is 2. The van der Waals surface area contributed by atoms with Crippen molar-refractivity contribution in [3.05, 3.63) is 0 Å². The van der Waals surface area contributed by atoms with Crippen LogP contribution in [0, 0.1) is 5.92 Å². The largest absolute Gasteiger partial charge is 0.481 e. The van der Waals surface area contributed by atoms with Gasteiger partial charge < -0.3 is 15.1 Å². The first kappa shape index (κ1) is 16.2. The third-order valence-electron chi connectivity index (χ3n) is 2.22. The van der Waals surface area contributed by atoms with Crippen LogP contribution >= 0.6 is 0 Å². The molecule has 0 aliphatic heterocycles. The number of alkyl halides is 3. The Hall–Kier alpha value is -1.80. The van der Waals surface area contributed by atoms with Gasteiger partial charge >= 0.3 is 24.0 Å². The number of hydrogen-bond donors (Lipinski definition) is 2. The van der Waals surface area contributed by atoms with Gasteiger partial charge in [-0.25, -0.2) is 4.79 Å². The molecule has 6 nitrogen and oxygen atoms in total. The Morgan fingerprint density at radius 1 is 1.11 bits per heavy atom. The van der Waals surface area contributed by atoms with Crippen LogP contribution in [0.2, 0.25) is 0 Å². The van der Waals surface area contributed by atoms with Gasteiger partial charge in [0, 0.05) is 6.54 Å². The summed E-state index contributed by atoms with van der Waals surface area (Å²) in [6.07, 6.45) is -5.25. The van der Waals surface area contributed by atoms with Gasteiger partial charge in [0.15, 0.2) is 0 Å². The van der Waals surface area contributed by atoms with Gasteiger partial charge in [-0.1, -0.05) is 6.92 Å². The number of hydrogen-bond acceptors (Lipinski definition) is 3. The summed E-state index contributed by atoms with van der Waals surface area (Å²) in [6, 6.07) is -1.76. The molecule has 104 valence electrons. The highest BCUT2D eigenvalue weighted by molar-refractivity contribution is 5.87. The highest BCUT2D eigenvalue weighted by Gasteiger charge is 2.45. The van der Waals surface area contributed by atoms with Gasteiger partial charge in [0.1, 0.15) is 6.04 Å². The van der Waals surface area contributed by atoms with E-state index in [1.54, 1.807) is 0 Å². The molecular weight excluding hydrogens is 259 g/mol. The summed E-state index contributed by atoms with van der Waals surface area (Å²) in [6.45, 7) is 1.12. The Bertz CT molecular complexity index is 355. The Labute approximate surface area is 100.0 Å². The lowest BCUT2D eigenvalue weighted by Crippen LogP contribution is -2.51. The molecule has 0 rings (SSSR count). The summed E-state index contributed by atoms with van der Waals surface area (Å²) in [5, 5.41) is 17.2. The first-order valence-electron chi connectivity index (χ1n) is 4.81. The molecule has 0 spiro atoms. The molecule has 0 heterocycles. The van der Waals surface area contributed by atoms with Crippen molar-refractivity contribution in [3.8, 4) is 0 Å². The average Bonchev–Trinajstić information content (AvgIpc) is 2.21. The third kappa shape index (κ3) is 4.22. The number of carboxylic acid groups (broad SMARTS) is 2. The minimum Gasteiger partial charge on any atom is -0.481 e. The first-order chi connectivity index (χ1) is 7.98. The molecule has 2 N–H and O–H groups in total. The average molecular weight is 271 g/mol. The van der Waals surface area contributed by atoms with E-state index in [-0.39, 0.29) is 4.90 Å². The molecule has 2 unspecified atom stereocenters. The van der Waals surface area contributed by atoms with Crippen LogP contribution in [0.4, 0.5) is 13.2 Å². The fraction of sp³-hybridized carbons (Fsp3) is 0.667. The number of carbonyl (C=O) groups excluding carboxylic acids is 1. The Kier molecular flexibility index (Phi) is 5.12. The lowest BCUT2D eigenvalue weighted by Gasteiger charge is -2.28. The second-order valence-corrected chi connectivity index (χ2v) is 3.71. The Morgan fingerprint density at radius 2 is 1.56 bits per heavy atom. The van der Waals surface area contributed by atoms with Crippen molar-refractivity contribution in [2.75, 3.05) is 6.54 Å². The van der Waals surface area contributed by atoms with E-state index in [1.165, 1.54) is 0 Å².